The lowest BCUT2D eigenvalue weighted by atomic mass is 10.0. The van der Waals surface area contributed by atoms with Crippen LogP contribution in [-0.2, 0) is 0 Å². The quantitative estimate of drug-likeness (QED) is 0.684. The zero-order chi connectivity index (χ0) is 14.3. The standard InChI is InChI=1S/C16H11ClO3/c1-9-5-4-7-11-14(18)13(16(19)20-15(9)11)10-6-2-3-8-12(10)17/h2-8,18H,1H3. The van der Waals surface area contributed by atoms with E-state index in [1.54, 1.807) is 36.4 Å². The first-order valence-corrected chi connectivity index (χ1v) is 6.47. The molecule has 0 unspecified atom stereocenters. The second kappa shape index (κ2) is 4.69. The molecule has 0 aliphatic carbocycles. The van der Waals surface area contributed by atoms with E-state index in [0.717, 1.165) is 5.56 Å². The summed E-state index contributed by atoms with van der Waals surface area (Å²) in [5.41, 5.74) is 1.14. The second-order valence-electron chi connectivity index (χ2n) is 4.54. The third-order valence-corrected chi connectivity index (χ3v) is 3.58. The van der Waals surface area contributed by atoms with E-state index in [2.05, 4.69) is 0 Å². The molecule has 3 nitrogen and oxygen atoms in total. The molecule has 1 aromatic heterocycles. The SMILES string of the molecule is Cc1cccc2c(O)c(-c3ccccc3Cl)c(=O)oc12. The Kier molecular flexibility index (Phi) is 2.99. The van der Waals surface area contributed by atoms with Gasteiger partial charge in [0.05, 0.1) is 5.39 Å². The zero-order valence-electron chi connectivity index (χ0n) is 10.7. The first-order valence-electron chi connectivity index (χ1n) is 6.10. The van der Waals surface area contributed by atoms with Crippen LogP contribution in [0.15, 0.2) is 51.7 Å². The van der Waals surface area contributed by atoms with Crippen molar-refractivity contribution in [3.05, 3.63) is 63.5 Å². The van der Waals surface area contributed by atoms with E-state index in [9.17, 15) is 9.90 Å². The molecule has 3 aromatic rings. The minimum absolute atomic E-state index is 0.0914. The molecule has 1 N–H and O–H groups in total. The van der Waals surface area contributed by atoms with Crippen LogP contribution in [-0.4, -0.2) is 5.11 Å². The number of aryl methyl sites for hydroxylation is 1. The predicted molar refractivity (Wildman–Crippen MR) is 79.3 cm³/mol. The molecule has 4 heteroatoms. The van der Waals surface area contributed by atoms with Gasteiger partial charge in [0.2, 0.25) is 0 Å². The van der Waals surface area contributed by atoms with Crippen LogP contribution < -0.4 is 5.63 Å². The van der Waals surface area contributed by atoms with E-state index >= 15 is 0 Å². The van der Waals surface area contributed by atoms with Crippen molar-refractivity contribution in [2.75, 3.05) is 0 Å². The molecule has 0 amide bonds. The van der Waals surface area contributed by atoms with Gasteiger partial charge >= 0.3 is 5.63 Å². The Hall–Kier alpha value is -2.26. The minimum atomic E-state index is -0.600. The first-order chi connectivity index (χ1) is 9.59. The van der Waals surface area contributed by atoms with Crippen LogP contribution >= 0.6 is 11.6 Å². The largest absolute Gasteiger partial charge is 0.506 e. The van der Waals surface area contributed by atoms with Gasteiger partial charge in [0, 0.05) is 10.6 Å². The fraction of sp³-hybridized carbons (Fsp3) is 0.0625. The van der Waals surface area contributed by atoms with Crippen LogP contribution in [0.4, 0.5) is 0 Å². The fourth-order valence-electron chi connectivity index (χ4n) is 2.25. The summed E-state index contributed by atoms with van der Waals surface area (Å²) in [6, 6.07) is 12.2. The molecule has 0 bridgehead atoms. The van der Waals surface area contributed by atoms with Gasteiger partial charge in [-0.2, -0.15) is 0 Å². The molecule has 100 valence electrons. The third-order valence-electron chi connectivity index (χ3n) is 3.25. The maximum atomic E-state index is 12.2. The number of para-hydroxylation sites is 1. The Morgan fingerprint density at radius 2 is 1.85 bits per heavy atom. The summed E-state index contributed by atoms with van der Waals surface area (Å²) in [6.45, 7) is 1.82. The highest BCUT2D eigenvalue weighted by Crippen LogP contribution is 2.36. The summed E-state index contributed by atoms with van der Waals surface area (Å²) in [4.78, 5) is 12.2. The van der Waals surface area contributed by atoms with Crippen molar-refractivity contribution in [2.24, 2.45) is 0 Å². The Balaban J connectivity index is 2.45. The molecule has 0 fully saturated rings. The Morgan fingerprint density at radius 3 is 2.60 bits per heavy atom. The van der Waals surface area contributed by atoms with Gasteiger partial charge in [0.15, 0.2) is 0 Å². The fourth-order valence-corrected chi connectivity index (χ4v) is 2.48. The van der Waals surface area contributed by atoms with Crippen molar-refractivity contribution >= 4 is 22.6 Å². The maximum absolute atomic E-state index is 12.2. The summed E-state index contributed by atoms with van der Waals surface area (Å²) < 4.78 is 5.34. The lowest BCUT2D eigenvalue weighted by Gasteiger charge is -2.09. The Bertz CT molecular complexity index is 865. The van der Waals surface area contributed by atoms with Gasteiger partial charge in [0.1, 0.15) is 16.9 Å². The van der Waals surface area contributed by atoms with Gasteiger partial charge in [-0.1, -0.05) is 41.9 Å². The van der Waals surface area contributed by atoms with E-state index < -0.39 is 5.63 Å². The number of halogens is 1. The van der Waals surface area contributed by atoms with Gasteiger partial charge in [-0.25, -0.2) is 4.79 Å². The molecule has 3 rings (SSSR count). The number of fused-ring (bicyclic) bond motifs is 1. The molecule has 0 aliphatic heterocycles. The van der Waals surface area contributed by atoms with Crippen molar-refractivity contribution in [1.29, 1.82) is 0 Å². The van der Waals surface area contributed by atoms with Crippen LogP contribution in [0.25, 0.3) is 22.1 Å². The molecule has 0 radical (unpaired) electrons. The van der Waals surface area contributed by atoms with E-state index in [4.69, 9.17) is 16.0 Å². The van der Waals surface area contributed by atoms with Crippen LogP contribution in [0.2, 0.25) is 5.02 Å². The molecule has 1 heterocycles. The first kappa shape index (κ1) is 12.8. The summed E-state index contributed by atoms with van der Waals surface area (Å²) in [7, 11) is 0. The van der Waals surface area contributed by atoms with Gasteiger partial charge in [-0.05, 0) is 24.6 Å². The van der Waals surface area contributed by atoms with Gasteiger partial charge in [0.25, 0.3) is 0 Å². The monoisotopic (exact) mass is 286 g/mol. The molecule has 0 saturated carbocycles. The second-order valence-corrected chi connectivity index (χ2v) is 4.95. The highest BCUT2D eigenvalue weighted by Gasteiger charge is 2.18. The van der Waals surface area contributed by atoms with Gasteiger partial charge < -0.3 is 9.52 Å². The van der Waals surface area contributed by atoms with E-state index in [1.807, 2.05) is 13.0 Å². The average Bonchev–Trinajstić information content (AvgIpc) is 2.42. The summed E-state index contributed by atoms with van der Waals surface area (Å²) in [5, 5.41) is 11.3. The average molecular weight is 287 g/mol. The highest BCUT2D eigenvalue weighted by atomic mass is 35.5. The molecule has 0 saturated heterocycles. The Morgan fingerprint density at radius 1 is 1.10 bits per heavy atom. The number of hydrogen-bond donors (Lipinski definition) is 1. The molecule has 20 heavy (non-hydrogen) atoms. The van der Waals surface area contributed by atoms with E-state index in [1.165, 1.54) is 0 Å². The number of rotatable bonds is 1. The lowest BCUT2D eigenvalue weighted by Crippen LogP contribution is -2.04. The Labute approximate surface area is 120 Å². The normalized spacial score (nSPS) is 10.9. The molecule has 0 atom stereocenters. The van der Waals surface area contributed by atoms with Crippen LogP contribution in [0, 0.1) is 6.92 Å². The zero-order valence-corrected chi connectivity index (χ0v) is 11.4. The van der Waals surface area contributed by atoms with Crippen molar-refractivity contribution < 1.29 is 9.52 Å². The van der Waals surface area contributed by atoms with Crippen LogP contribution in [0.1, 0.15) is 5.56 Å². The van der Waals surface area contributed by atoms with Crippen LogP contribution in [0.5, 0.6) is 5.75 Å². The smallest absolute Gasteiger partial charge is 0.348 e. The van der Waals surface area contributed by atoms with Crippen molar-refractivity contribution in [3.8, 4) is 16.9 Å². The predicted octanol–water partition coefficient (Wildman–Crippen LogP) is 4.13. The molecule has 0 spiro atoms. The minimum Gasteiger partial charge on any atom is -0.506 e. The third kappa shape index (κ3) is 1.87. The van der Waals surface area contributed by atoms with Crippen molar-refractivity contribution in [2.45, 2.75) is 6.92 Å². The van der Waals surface area contributed by atoms with Gasteiger partial charge in [-0.3, -0.25) is 0 Å². The number of aromatic hydroxyl groups is 1. The molecular formula is C16H11ClO3. The molecule has 2 aromatic carbocycles. The van der Waals surface area contributed by atoms with Gasteiger partial charge in [-0.15, -0.1) is 0 Å². The van der Waals surface area contributed by atoms with E-state index in [0.29, 0.717) is 21.6 Å². The summed E-state index contributed by atoms with van der Waals surface area (Å²) in [5.74, 6) is -0.104. The lowest BCUT2D eigenvalue weighted by molar-refractivity contribution is 0.471. The topological polar surface area (TPSA) is 50.4 Å². The molecule has 0 aliphatic rings. The van der Waals surface area contributed by atoms with E-state index in [-0.39, 0.29) is 11.3 Å². The van der Waals surface area contributed by atoms with Crippen molar-refractivity contribution in [1.82, 2.24) is 0 Å². The highest BCUT2D eigenvalue weighted by molar-refractivity contribution is 6.33. The summed E-state index contributed by atoms with van der Waals surface area (Å²) in [6.07, 6.45) is 0. The number of benzene rings is 2. The van der Waals surface area contributed by atoms with Crippen LogP contribution in [0.3, 0.4) is 0 Å². The summed E-state index contributed by atoms with van der Waals surface area (Å²) >= 11 is 6.09. The van der Waals surface area contributed by atoms with Crippen molar-refractivity contribution in [3.63, 3.8) is 0 Å². The molecular weight excluding hydrogens is 276 g/mol. The maximum Gasteiger partial charge on any atom is 0.348 e. The number of hydrogen-bond acceptors (Lipinski definition) is 3.